The molecule has 0 saturated carbocycles. The highest BCUT2D eigenvalue weighted by atomic mass is 16.1. The quantitative estimate of drug-likeness (QED) is 0.487. The summed E-state index contributed by atoms with van der Waals surface area (Å²) in [5.74, 6) is 0.478. The molecule has 0 aliphatic rings. The van der Waals surface area contributed by atoms with Crippen molar-refractivity contribution in [3.63, 3.8) is 0 Å². The fraction of sp³-hybridized carbons (Fsp3) is 0.200. The van der Waals surface area contributed by atoms with Gasteiger partial charge < -0.3 is 10.3 Å². The van der Waals surface area contributed by atoms with E-state index < -0.39 is 0 Å². The highest BCUT2D eigenvalue weighted by molar-refractivity contribution is 6.12. The van der Waals surface area contributed by atoms with Crippen LogP contribution in [0.2, 0.25) is 0 Å². The van der Waals surface area contributed by atoms with E-state index in [1.165, 1.54) is 6.07 Å². The number of nitrogens with one attached hydrogen (secondary N) is 2. The summed E-state index contributed by atoms with van der Waals surface area (Å²) in [7, 11) is 0. The molecule has 1 amide bonds. The highest BCUT2D eigenvalue weighted by Gasteiger charge is 2.15. The lowest BCUT2D eigenvalue weighted by Gasteiger charge is -2.12. The van der Waals surface area contributed by atoms with Crippen LogP contribution in [0.1, 0.15) is 48.4 Å². The number of H-pyrrole nitrogens is 1. The van der Waals surface area contributed by atoms with Crippen LogP contribution in [0.25, 0.3) is 22.3 Å². The van der Waals surface area contributed by atoms with E-state index >= 15 is 0 Å². The fourth-order valence-corrected chi connectivity index (χ4v) is 3.45. The Hall–Kier alpha value is -3.80. The summed E-state index contributed by atoms with van der Waals surface area (Å²) < 4.78 is 0. The number of aromatic nitrogens is 3. The number of aromatic amines is 1. The van der Waals surface area contributed by atoms with E-state index in [1.54, 1.807) is 0 Å². The first kappa shape index (κ1) is 20.5. The molecule has 0 bridgehead atoms. The number of aryl methyl sites for hydroxylation is 1. The Morgan fingerprint density at radius 1 is 1.03 bits per heavy atom. The first-order chi connectivity index (χ1) is 14.9. The molecule has 156 valence electrons. The van der Waals surface area contributed by atoms with Gasteiger partial charge in [-0.1, -0.05) is 51.1 Å². The lowest BCUT2D eigenvalue weighted by molar-refractivity contribution is 0.102. The number of hydrogen-bond donors (Lipinski definition) is 2. The van der Waals surface area contributed by atoms with E-state index in [0.717, 1.165) is 27.9 Å². The Balaban J connectivity index is 1.70. The minimum atomic E-state index is -0.207. The largest absolute Gasteiger partial charge is 0.322 e. The highest BCUT2D eigenvalue weighted by Crippen LogP contribution is 2.24. The molecule has 4 aromatic rings. The lowest BCUT2D eigenvalue weighted by Crippen LogP contribution is -2.14. The number of benzene rings is 2. The van der Waals surface area contributed by atoms with Gasteiger partial charge in [0.25, 0.3) is 11.5 Å². The molecular formula is C25H24N4O2. The molecule has 0 spiro atoms. The van der Waals surface area contributed by atoms with Crippen molar-refractivity contribution in [2.24, 2.45) is 0 Å². The van der Waals surface area contributed by atoms with Crippen LogP contribution in [-0.2, 0) is 6.42 Å². The van der Waals surface area contributed by atoms with Gasteiger partial charge in [-0.05, 0) is 36.6 Å². The van der Waals surface area contributed by atoms with E-state index in [-0.39, 0.29) is 17.4 Å². The topological polar surface area (TPSA) is 87.7 Å². The predicted octanol–water partition coefficient (Wildman–Crippen LogP) is 4.92. The van der Waals surface area contributed by atoms with Gasteiger partial charge in [0.1, 0.15) is 5.82 Å². The van der Waals surface area contributed by atoms with Crippen LogP contribution in [0.15, 0.2) is 65.5 Å². The number of fused-ring (bicyclic) bond motifs is 1. The number of carbonyl (C=O) groups is 1. The predicted molar refractivity (Wildman–Crippen MR) is 123 cm³/mol. The summed E-state index contributed by atoms with van der Waals surface area (Å²) in [6, 6.07) is 18.3. The van der Waals surface area contributed by atoms with Crippen molar-refractivity contribution in [1.29, 1.82) is 0 Å². The third-order valence-corrected chi connectivity index (χ3v) is 5.12. The molecule has 2 aromatic heterocycles. The minimum absolute atomic E-state index is 0.194. The average Bonchev–Trinajstić information content (AvgIpc) is 2.77. The van der Waals surface area contributed by atoms with Gasteiger partial charge in [-0.3, -0.25) is 14.6 Å². The number of pyridine rings is 1. The molecule has 0 atom stereocenters. The molecule has 6 nitrogen and oxygen atoms in total. The summed E-state index contributed by atoms with van der Waals surface area (Å²) in [6.45, 7) is 6.06. The Labute approximate surface area is 180 Å². The number of para-hydroxylation sites is 1. The van der Waals surface area contributed by atoms with Gasteiger partial charge in [-0.2, -0.15) is 0 Å². The smallest absolute Gasteiger partial charge is 0.256 e. The Morgan fingerprint density at radius 2 is 1.84 bits per heavy atom. The van der Waals surface area contributed by atoms with Crippen molar-refractivity contribution in [2.75, 3.05) is 5.32 Å². The number of amides is 1. The normalized spacial score (nSPS) is 11.1. The Morgan fingerprint density at radius 3 is 2.61 bits per heavy atom. The van der Waals surface area contributed by atoms with E-state index in [9.17, 15) is 9.59 Å². The van der Waals surface area contributed by atoms with Crippen LogP contribution in [0, 0.1) is 0 Å². The molecule has 2 heterocycles. The lowest BCUT2D eigenvalue weighted by atomic mass is 10.0. The van der Waals surface area contributed by atoms with Crippen LogP contribution in [0.3, 0.4) is 0 Å². The average molecular weight is 412 g/mol. The maximum Gasteiger partial charge on any atom is 0.256 e. The first-order valence-corrected chi connectivity index (χ1v) is 10.4. The van der Waals surface area contributed by atoms with Crippen molar-refractivity contribution in [1.82, 2.24) is 15.0 Å². The summed E-state index contributed by atoms with van der Waals surface area (Å²) in [4.78, 5) is 37.1. The van der Waals surface area contributed by atoms with Crippen molar-refractivity contribution in [2.45, 2.75) is 33.1 Å². The van der Waals surface area contributed by atoms with E-state index in [2.05, 4.69) is 34.1 Å². The molecule has 6 heteroatoms. The van der Waals surface area contributed by atoms with E-state index in [4.69, 9.17) is 0 Å². The Bertz CT molecular complexity index is 1320. The number of rotatable bonds is 5. The van der Waals surface area contributed by atoms with Crippen LogP contribution >= 0.6 is 0 Å². The SMILES string of the molecule is CCc1cc(=O)[nH]c(-c2cccc(NC(=O)c3cc(C(C)C)nc4ccccc34)c2)n1. The molecule has 0 fully saturated rings. The number of nitrogens with zero attached hydrogens (tertiary/aromatic N) is 2. The molecular weight excluding hydrogens is 388 g/mol. The molecule has 0 aliphatic heterocycles. The van der Waals surface area contributed by atoms with Crippen molar-refractivity contribution in [3.05, 3.63) is 88.0 Å². The molecule has 0 radical (unpaired) electrons. The summed E-state index contributed by atoms with van der Waals surface area (Å²) in [6.07, 6.45) is 0.667. The van der Waals surface area contributed by atoms with E-state index in [1.807, 2.05) is 61.5 Å². The second-order valence-corrected chi connectivity index (χ2v) is 7.74. The fourth-order valence-electron chi connectivity index (χ4n) is 3.45. The zero-order valence-electron chi connectivity index (χ0n) is 17.8. The number of carbonyl (C=O) groups excluding carboxylic acids is 1. The van der Waals surface area contributed by atoms with Crippen LogP contribution in [0.5, 0.6) is 0 Å². The van der Waals surface area contributed by atoms with Crippen molar-refractivity contribution < 1.29 is 4.79 Å². The van der Waals surface area contributed by atoms with Crippen LogP contribution in [0.4, 0.5) is 5.69 Å². The van der Waals surface area contributed by atoms with Gasteiger partial charge in [-0.15, -0.1) is 0 Å². The van der Waals surface area contributed by atoms with Crippen molar-refractivity contribution >= 4 is 22.5 Å². The zero-order chi connectivity index (χ0) is 22.0. The summed E-state index contributed by atoms with van der Waals surface area (Å²) in [5.41, 5.74) is 4.13. The first-order valence-electron chi connectivity index (χ1n) is 10.4. The monoisotopic (exact) mass is 412 g/mol. The standard InChI is InChI=1S/C25H24N4O2/c1-4-17-13-23(30)29-24(26-17)16-8-7-9-18(12-16)27-25(31)20-14-22(15(2)3)28-21-11-6-5-10-19(20)21/h5-15H,4H2,1-3H3,(H,27,31)(H,26,29,30). The molecule has 2 aromatic carbocycles. The maximum atomic E-state index is 13.2. The molecule has 0 unspecified atom stereocenters. The van der Waals surface area contributed by atoms with Gasteiger partial charge in [-0.25, -0.2) is 4.98 Å². The third-order valence-electron chi connectivity index (χ3n) is 5.12. The maximum absolute atomic E-state index is 13.2. The van der Waals surface area contributed by atoms with Gasteiger partial charge in [0.05, 0.1) is 11.1 Å². The summed E-state index contributed by atoms with van der Waals surface area (Å²) in [5, 5.41) is 3.79. The molecule has 2 N–H and O–H groups in total. The van der Waals surface area contributed by atoms with Gasteiger partial charge in [0.15, 0.2) is 0 Å². The van der Waals surface area contributed by atoms with Gasteiger partial charge in [0, 0.05) is 34.1 Å². The number of anilines is 1. The molecule has 4 rings (SSSR count). The minimum Gasteiger partial charge on any atom is -0.322 e. The van der Waals surface area contributed by atoms with Crippen LogP contribution < -0.4 is 10.9 Å². The van der Waals surface area contributed by atoms with Crippen LogP contribution in [-0.4, -0.2) is 20.9 Å². The third kappa shape index (κ3) is 4.38. The van der Waals surface area contributed by atoms with Gasteiger partial charge in [0.2, 0.25) is 0 Å². The van der Waals surface area contributed by atoms with E-state index in [0.29, 0.717) is 23.5 Å². The second-order valence-electron chi connectivity index (χ2n) is 7.74. The number of hydrogen-bond acceptors (Lipinski definition) is 4. The Kier molecular flexibility index (Phi) is 5.62. The molecule has 0 saturated heterocycles. The second kappa shape index (κ2) is 8.52. The molecule has 0 aliphatic carbocycles. The summed E-state index contributed by atoms with van der Waals surface area (Å²) >= 11 is 0. The molecule has 31 heavy (non-hydrogen) atoms. The zero-order valence-corrected chi connectivity index (χ0v) is 17.8. The van der Waals surface area contributed by atoms with Crippen molar-refractivity contribution in [3.8, 4) is 11.4 Å². The van der Waals surface area contributed by atoms with Gasteiger partial charge >= 0.3 is 0 Å².